The number of hydrogen-bond donors (Lipinski definition) is 1. The zero-order valence-corrected chi connectivity index (χ0v) is 28.6. The van der Waals surface area contributed by atoms with Crippen LogP contribution < -0.4 is 9.62 Å². The molecule has 0 radical (unpaired) electrons. The standard InChI is InChI=1S/C36H37BrClN3O4S/c37-29-13-10-16-32(24-29)41(46(44,45)33-17-8-3-9-18-33)26-35(42)40(25-28-19-21-30(38)22-20-28)34(23-27-11-4-1-5-12-27)36(43)39-31-14-6-2-7-15-31/h1,3-5,8-13,16-22,24,31,34H,2,6-7,14-15,23,25-26H2,(H,39,43)/t34-/m0/s1. The molecule has 0 aromatic heterocycles. The van der Waals surface area contributed by atoms with Crippen molar-refractivity contribution in [2.75, 3.05) is 10.8 Å². The van der Waals surface area contributed by atoms with Gasteiger partial charge in [-0.15, -0.1) is 0 Å². The maximum Gasteiger partial charge on any atom is 0.264 e. The van der Waals surface area contributed by atoms with Gasteiger partial charge in [-0.1, -0.05) is 114 Å². The van der Waals surface area contributed by atoms with Gasteiger partial charge in [-0.2, -0.15) is 0 Å². The van der Waals surface area contributed by atoms with Gasteiger partial charge in [-0.25, -0.2) is 8.42 Å². The summed E-state index contributed by atoms with van der Waals surface area (Å²) in [4.78, 5) is 30.3. The summed E-state index contributed by atoms with van der Waals surface area (Å²) in [5.41, 5.74) is 1.98. The zero-order valence-electron chi connectivity index (χ0n) is 25.4. The van der Waals surface area contributed by atoms with Crippen LogP contribution in [0.4, 0.5) is 5.69 Å². The smallest absolute Gasteiger partial charge is 0.264 e. The molecule has 1 atom stereocenters. The van der Waals surface area contributed by atoms with E-state index in [0.717, 1.165) is 47.5 Å². The Bertz CT molecular complexity index is 1720. The monoisotopic (exact) mass is 721 g/mol. The number of nitrogens with zero attached hydrogens (tertiary/aromatic N) is 2. The molecule has 4 aromatic carbocycles. The number of nitrogens with one attached hydrogen (secondary N) is 1. The summed E-state index contributed by atoms with van der Waals surface area (Å²) in [7, 11) is -4.16. The molecule has 1 saturated carbocycles. The van der Waals surface area contributed by atoms with E-state index < -0.39 is 28.5 Å². The number of sulfonamides is 1. The molecular weight excluding hydrogens is 686 g/mol. The molecule has 46 heavy (non-hydrogen) atoms. The van der Waals surface area contributed by atoms with Gasteiger partial charge >= 0.3 is 0 Å². The van der Waals surface area contributed by atoms with E-state index in [2.05, 4.69) is 21.2 Å². The summed E-state index contributed by atoms with van der Waals surface area (Å²) in [6, 6.07) is 30.7. The minimum absolute atomic E-state index is 0.0311. The summed E-state index contributed by atoms with van der Waals surface area (Å²) in [6.07, 6.45) is 5.27. The summed E-state index contributed by atoms with van der Waals surface area (Å²) in [5.74, 6) is -0.757. The topological polar surface area (TPSA) is 86.8 Å². The second kappa shape index (κ2) is 15.8. The lowest BCUT2D eigenvalue weighted by Gasteiger charge is -2.35. The van der Waals surface area contributed by atoms with E-state index in [1.807, 2.05) is 42.5 Å². The van der Waals surface area contributed by atoms with Gasteiger partial charge in [0.25, 0.3) is 10.0 Å². The Morgan fingerprint density at radius 1 is 0.826 bits per heavy atom. The van der Waals surface area contributed by atoms with Crippen LogP contribution in [-0.2, 0) is 32.6 Å². The van der Waals surface area contributed by atoms with Crippen LogP contribution in [0.5, 0.6) is 0 Å². The molecule has 2 amide bonds. The van der Waals surface area contributed by atoms with Crippen LogP contribution in [-0.4, -0.2) is 43.8 Å². The van der Waals surface area contributed by atoms with E-state index in [0.29, 0.717) is 15.2 Å². The van der Waals surface area contributed by atoms with Crippen LogP contribution in [0.2, 0.25) is 5.02 Å². The number of halogens is 2. The van der Waals surface area contributed by atoms with E-state index in [1.54, 1.807) is 54.6 Å². The van der Waals surface area contributed by atoms with Crippen molar-refractivity contribution in [3.8, 4) is 0 Å². The molecule has 7 nitrogen and oxygen atoms in total. The highest BCUT2D eigenvalue weighted by Gasteiger charge is 2.35. The highest BCUT2D eigenvalue weighted by molar-refractivity contribution is 9.10. The highest BCUT2D eigenvalue weighted by Crippen LogP contribution is 2.28. The van der Waals surface area contributed by atoms with Crippen LogP contribution >= 0.6 is 27.5 Å². The average Bonchev–Trinajstić information content (AvgIpc) is 3.07. The molecule has 0 unspecified atom stereocenters. The summed E-state index contributed by atoms with van der Waals surface area (Å²) < 4.78 is 30.0. The van der Waals surface area contributed by atoms with Crippen LogP contribution in [0.1, 0.15) is 43.2 Å². The van der Waals surface area contributed by atoms with Crippen molar-refractivity contribution in [2.45, 2.75) is 62.0 Å². The lowest BCUT2D eigenvalue weighted by molar-refractivity contribution is -0.140. The first-order valence-corrected chi connectivity index (χ1v) is 18.0. The first-order valence-electron chi connectivity index (χ1n) is 15.4. The molecule has 0 bridgehead atoms. The maximum absolute atomic E-state index is 14.6. The van der Waals surface area contributed by atoms with Crippen LogP contribution in [0, 0.1) is 0 Å². The Morgan fingerprint density at radius 2 is 1.48 bits per heavy atom. The van der Waals surface area contributed by atoms with Crippen LogP contribution in [0.15, 0.2) is 119 Å². The predicted molar refractivity (Wildman–Crippen MR) is 186 cm³/mol. The van der Waals surface area contributed by atoms with Crippen molar-refractivity contribution in [3.63, 3.8) is 0 Å². The largest absolute Gasteiger partial charge is 0.352 e. The SMILES string of the molecule is O=C(NC1CCCCC1)[C@H](Cc1ccccc1)N(Cc1ccc(Cl)cc1)C(=O)CN(c1cccc(Br)c1)S(=O)(=O)c1ccccc1. The first kappa shape index (κ1) is 33.7. The predicted octanol–water partition coefficient (Wildman–Crippen LogP) is 7.39. The van der Waals surface area contributed by atoms with Crippen molar-refractivity contribution in [2.24, 2.45) is 0 Å². The molecule has 10 heteroatoms. The number of anilines is 1. The summed E-state index contributed by atoms with van der Waals surface area (Å²) in [5, 5.41) is 3.77. The number of carbonyl (C=O) groups is 2. The minimum atomic E-state index is -4.16. The molecule has 0 heterocycles. The quantitative estimate of drug-likeness (QED) is 0.165. The molecule has 0 spiro atoms. The normalized spacial score (nSPS) is 14.3. The van der Waals surface area contributed by atoms with Gasteiger partial charge in [0, 0.05) is 28.5 Å². The van der Waals surface area contributed by atoms with Crippen molar-refractivity contribution < 1.29 is 18.0 Å². The van der Waals surface area contributed by atoms with Gasteiger partial charge in [-0.3, -0.25) is 13.9 Å². The molecule has 5 rings (SSSR count). The van der Waals surface area contributed by atoms with E-state index in [-0.39, 0.29) is 29.8 Å². The second-order valence-corrected chi connectivity index (χ2v) is 14.7. The Labute approximate surface area is 284 Å². The van der Waals surface area contributed by atoms with Crippen LogP contribution in [0.3, 0.4) is 0 Å². The molecular formula is C36H37BrClN3O4S. The third kappa shape index (κ3) is 8.78. The fourth-order valence-corrected chi connectivity index (χ4v) is 7.70. The van der Waals surface area contributed by atoms with Gasteiger partial charge < -0.3 is 10.2 Å². The van der Waals surface area contributed by atoms with Crippen molar-refractivity contribution in [3.05, 3.63) is 130 Å². The molecule has 240 valence electrons. The van der Waals surface area contributed by atoms with Gasteiger partial charge in [-0.05, 0) is 66.4 Å². The molecule has 0 saturated heterocycles. The maximum atomic E-state index is 14.6. The number of benzene rings is 4. The fraction of sp³-hybridized carbons (Fsp3) is 0.278. The molecule has 0 aliphatic heterocycles. The van der Waals surface area contributed by atoms with Gasteiger partial charge in [0.05, 0.1) is 10.6 Å². The Morgan fingerprint density at radius 3 is 2.13 bits per heavy atom. The van der Waals surface area contributed by atoms with E-state index >= 15 is 0 Å². The first-order chi connectivity index (χ1) is 22.2. The summed E-state index contributed by atoms with van der Waals surface area (Å²) >= 11 is 9.62. The van der Waals surface area contributed by atoms with Crippen molar-refractivity contribution >= 4 is 55.1 Å². The van der Waals surface area contributed by atoms with E-state index in [9.17, 15) is 18.0 Å². The second-order valence-electron chi connectivity index (χ2n) is 11.5. The number of hydrogen-bond acceptors (Lipinski definition) is 4. The van der Waals surface area contributed by atoms with Crippen LogP contribution in [0.25, 0.3) is 0 Å². The molecule has 4 aromatic rings. The van der Waals surface area contributed by atoms with Gasteiger partial charge in [0.15, 0.2) is 0 Å². The Balaban J connectivity index is 1.55. The lowest BCUT2D eigenvalue weighted by atomic mass is 9.94. The van der Waals surface area contributed by atoms with E-state index in [1.165, 1.54) is 17.0 Å². The number of rotatable bonds is 12. The molecule has 1 N–H and O–H groups in total. The molecule has 1 fully saturated rings. The van der Waals surface area contributed by atoms with Crippen molar-refractivity contribution in [1.82, 2.24) is 10.2 Å². The third-order valence-electron chi connectivity index (χ3n) is 8.20. The lowest BCUT2D eigenvalue weighted by Crippen LogP contribution is -2.55. The fourth-order valence-electron chi connectivity index (χ4n) is 5.76. The van der Waals surface area contributed by atoms with Gasteiger partial charge in [0.1, 0.15) is 12.6 Å². The number of amides is 2. The van der Waals surface area contributed by atoms with Gasteiger partial charge in [0.2, 0.25) is 11.8 Å². The molecule has 1 aliphatic rings. The van der Waals surface area contributed by atoms with Crippen molar-refractivity contribution in [1.29, 1.82) is 0 Å². The average molecular weight is 723 g/mol. The van der Waals surface area contributed by atoms with E-state index in [4.69, 9.17) is 11.6 Å². The third-order valence-corrected chi connectivity index (χ3v) is 10.7. The minimum Gasteiger partial charge on any atom is -0.352 e. The number of carbonyl (C=O) groups excluding carboxylic acids is 2. The highest BCUT2D eigenvalue weighted by atomic mass is 79.9. The summed E-state index contributed by atoms with van der Waals surface area (Å²) in [6.45, 7) is -0.424. The Hall–Kier alpha value is -3.66. The Kier molecular flexibility index (Phi) is 11.5. The molecule has 1 aliphatic carbocycles. The zero-order chi connectivity index (χ0) is 32.5.